The Hall–Kier alpha value is -3.08. The first-order chi connectivity index (χ1) is 14.6. The lowest BCUT2D eigenvalue weighted by atomic mass is 9.95. The van der Waals surface area contributed by atoms with E-state index in [0.717, 1.165) is 30.5 Å². The van der Waals surface area contributed by atoms with E-state index in [1.54, 1.807) is 0 Å². The van der Waals surface area contributed by atoms with E-state index < -0.39 is 0 Å². The molecule has 0 aliphatic carbocycles. The third kappa shape index (κ3) is 4.56. The normalized spacial score (nSPS) is 17.6. The van der Waals surface area contributed by atoms with Crippen LogP contribution in [0.3, 0.4) is 0 Å². The smallest absolute Gasteiger partial charge is 0.225 e. The highest BCUT2D eigenvalue weighted by atomic mass is 16.2. The molecule has 5 heteroatoms. The Kier molecular flexibility index (Phi) is 6.17. The fraction of sp³-hybridized carbons (Fsp3) is 0.360. The number of aryl methyl sites for hydroxylation is 1. The molecule has 0 unspecified atom stereocenters. The average Bonchev–Trinajstić information content (AvgIpc) is 3.21. The summed E-state index contributed by atoms with van der Waals surface area (Å²) in [7, 11) is 0. The quantitative estimate of drug-likeness (QED) is 0.647. The molecule has 1 aliphatic heterocycles. The van der Waals surface area contributed by atoms with Crippen LogP contribution in [0.4, 0.5) is 0 Å². The van der Waals surface area contributed by atoms with Crippen molar-refractivity contribution in [3.63, 3.8) is 0 Å². The molecule has 2 atom stereocenters. The van der Waals surface area contributed by atoms with Gasteiger partial charge in [-0.25, -0.2) is 0 Å². The SMILES string of the molecule is C[C@H](NC(=O)[C@H]1CCCN(C(=O)CCc2c[nH]c3ccccc23)C1)c1ccccc1. The standard InChI is InChI=1S/C25H29N3O2/c1-18(19-8-3-2-4-9-19)27-25(30)21-10-7-15-28(17-21)24(29)14-13-20-16-26-23-12-6-5-11-22(20)23/h2-6,8-9,11-12,16,18,21,26H,7,10,13-15,17H2,1H3,(H,27,30)/t18-,21-/m0/s1. The van der Waals surface area contributed by atoms with Gasteiger partial charge in [0.2, 0.25) is 11.8 Å². The molecule has 0 radical (unpaired) electrons. The molecule has 0 spiro atoms. The summed E-state index contributed by atoms with van der Waals surface area (Å²) in [5.74, 6) is 0.0383. The van der Waals surface area contributed by atoms with E-state index in [1.807, 2.05) is 66.6 Å². The van der Waals surface area contributed by atoms with Crippen LogP contribution in [0.15, 0.2) is 60.8 Å². The van der Waals surface area contributed by atoms with E-state index in [-0.39, 0.29) is 23.8 Å². The van der Waals surface area contributed by atoms with Gasteiger partial charge in [-0.1, -0.05) is 48.5 Å². The molecule has 2 amide bonds. The second kappa shape index (κ2) is 9.16. The van der Waals surface area contributed by atoms with Crippen LogP contribution in [0, 0.1) is 5.92 Å². The maximum Gasteiger partial charge on any atom is 0.225 e. The number of nitrogens with zero attached hydrogens (tertiary/aromatic N) is 1. The molecule has 4 rings (SSSR count). The van der Waals surface area contributed by atoms with E-state index in [2.05, 4.69) is 16.4 Å². The second-order valence-electron chi connectivity index (χ2n) is 8.18. The Morgan fingerprint density at radius 2 is 1.90 bits per heavy atom. The second-order valence-corrected chi connectivity index (χ2v) is 8.18. The number of rotatable bonds is 6. The number of fused-ring (bicyclic) bond motifs is 1. The lowest BCUT2D eigenvalue weighted by molar-refractivity contribution is -0.135. The first-order valence-corrected chi connectivity index (χ1v) is 10.8. The zero-order chi connectivity index (χ0) is 20.9. The number of aromatic nitrogens is 1. The van der Waals surface area contributed by atoms with Gasteiger partial charge in [-0.3, -0.25) is 9.59 Å². The first-order valence-electron chi connectivity index (χ1n) is 10.8. The summed E-state index contributed by atoms with van der Waals surface area (Å²) < 4.78 is 0. The van der Waals surface area contributed by atoms with Gasteiger partial charge in [-0.15, -0.1) is 0 Å². The van der Waals surface area contributed by atoms with Gasteiger partial charge >= 0.3 is 0 Å². The zero-order valence-electron chi connectivity index (χ0n) is 17.4. The summed E-state index contributed by atoms with van der Waals surface area (Å²) in [6.07, 6.45) is 4.88. The lowest BCUT2D eigenvalue weighted by Gasteiger charge is -2.32. The van der Waals surface area contributed by atoms with Crippen LogP contribution >= 0.6 is 0 Å². The molecule has 2 heterocycles. The highest BCUT2D eigenvalue weighted by Crippen LogP contribution is 2.22. The molecule has 3 aromatic rings. The maximum absolute atomic E-state index is 12.8. The van der Waals surface area contributed by atoms with Crippen molar-refractivity contribution < 1.29 is 9.59 Å². The predicted octanol–water partition coefficient (Wildman–Crippen LogP) is 4.22. The minimum Gasteiger partial charge on any atom is -0.361 e. The van der Waals surface area contributed by atoms with E-state index in [0.29, 0.717) is 19.4 Å². The first kappa shape index (κ1) is 20.2. The number of hydrogen-bond acceptors (Lipinski definition) is 2. The molecule has 2 aromatic carbocycles. The number of hydrogen-bond donors (Lipinski definition) is 2. The average molecular weight is 404 g/mol. The van der Waals surface area contributed by atoms with E-state index in [9.17, 15) is 9.59 Å². The Morgan fingerprint density at radius 1 is 1.13 bits per heavy atom. The van der Waals surface area contributed by atoms with Gasteiger partial charge in [0.05, 0.1) is 12.0 Å². The van der Waals surface area contributed by atoms with Gasteiger partial charge in [-0.2, -0.15) is 0 Å². The summed E-state index contributed by atoms with van der Waals surface area (Å²) in [5.41, 5.74) is 3.36. The monoisotopic (exact) mass is 403 g/mol. The van der Waals surface area contributed by atoms with Crippen molar-refractivity contribution in [1.29, 1.82) is 0 Å². The number of para-hydroxylation sites is 1. The highest BCUT2D eigenvalue weighted by molar-refractivity contribution is 5.85. The van der Waals surface area contributed by atoms with Crippen LogP contribution in [0.5, 0.6) is 0 Å². The Balaban J connectivity index is 1.31. The number of carbonyl (C=O) groups excluding carboxylic acids is 2. The number of nitrogens with one attached hydrogen (secondary N) is 2. The Bertz CT molecular complexity index is 1010. The number of H-pyrrole nitrogens is 1. The van der Waals surface area contributed by atoms with Gasteiger partial charge in [-0.05, 0) is 43.4 Å². The summed E-state index contributed by atoms with van der Waals surface area (Å²) in [4.78, 5) is 30.8. The van der Waals surface area contributed by atoms with Crippen molar-refractivity contribution in [1.82, 2.24) is 15.2 Å². The van der Waals surface area contributed by atoms with E-state index in [4.69, 9.17) is 0 Å². The van der Waals surface area contributed by atoms with Crippen LogP contribution in [0.25, 0.3) is 10.9 Å². The van der Waals surface area contributed by atoms with Crippen LogP contribution in [0.2, 0.25) is 0 Å². The minimum atomic E-state index is -0.137. The number of carbonyl (C=O) groups is 2. The molecule has 1 fully saturated rings. The van der Waals surface area contributed by atoms with E-state index >= 15 is 0 Å². The van der Waals surface area contributed by atoms with Crippen molar-refractivity contribution in [2.45, 2.75) is 38.6 Å². The molecule has 1 saturated heterocycles. The van der Waals surface area contributed by atoms with E-state index in [1.165, 1.54) is 10.9 Å². The minimum absolute atomic E-state index is 0.0355. The third-order valence-corrected chi connectivity index (χ3v) is 6.09. The number of piperidine rings is 1. The van der Waals surface area contributed by atoms with Gasteiger partial charge in [0.1, 0.15) is 0 Å². The molecule has 1 aromatic heterocycles. The van der Waals surface area contributed by atoms with Gasteiger partial charge in [0.25, 0.3) is 0 Å². The Morgan fingerprint density at radius 3 is 2.73 bits per heavy atom. The molecule has 0 bridgehead atoms. The summed E-state index contributed by atoms with van der Waals surface area (Å²) in [6, 6.07) is 18.1. The van der Waals surface area contributed by atoms with Gasteiger partial charge in [0, 0.05) is 36.6 Å². The molecule has 1 aliphatic rings. The number of benzene rings is 2. The van der Waals surface area contributed by atoms with Crippen molar-refractivity contribution in [3.05, 3.63) is 71.9 Å². The maximum atomic E-state index is 12.8. The van der Waals surface area contributed by atoms with Crippen LogP contribution in [-0.4, -0.2) is 34.8 Å². The molecule has 156 valence electrons. The van der Waals surface area contributed by atoms with Gasteiger partial charge in [0.15, 0.2) is 0 Å². The summed E-state index contributed by atoms with van der Waals surface area (Å²) >= 11 is 0. The zero-order valence-corrected chi connectivity index (χ0v) is 17.4. The molecule has 30 heavy (non-hydrogen) atoms. The largest absolute Gasteiger partial charge is 0.361 e. The number of amides is 2. The molecular weight excluding hydrogens is 374 g/mol. The topological polar surface area (TPSA) is 65.2 Å². The van der Waals surface area contributed by atoms with Crippen molar-refractivity contribution >= 4 is 22.7 Å². The van der Waals surface area contributed by atoms with Crippen molar-refractivity contribution in [2.24, 2.45) is 5.92 Å². The summed E-state index contributed by atoms with van der Waals surface area (Å²) in [6.45, 7) is 3.25. The van der Waals surface area contributed by atoms with Crippen molar-refractivity contribution in [3.8, 4) is 0 Å². The van der Waals surface area contributed by atoms with Crippen molar-refractivity contribution in [2.75, 3.05) is 13.1 Å². The molecular formula is C25H29N3O2. The Labute approximate surface area is 177 Å². The molecule has 2 N–H and O–H groups in total. The van der Waals surface area contributed by atoms with Gasteiger partial charge < -0.3 is 15.2 Å². The predicted molar refractivity (Wildman–Crippen MR) is 119 cm³/mol. The number of likely N-dealkylation sites (tertiary alicyclic amines) is 1. The number of aromatic amines is 1. The third-order valence-electron chi connectivity index (χ3n) is 6.09. The fourth-order valence-corrected chi connectivity index (χ4v) is 4.31. The summed E-state index contributed by atoms with van der Waals surface area (Å²) in [5, 5.41) is 4.30. The lowest BCUT2D eigenvalue weighted by Crippen LogP contribution is -2.45. The molecule has 0 saturated carbocycles. The van der Waals surface area contributed by atoms with Crippen LogP contribution < -0.4 is 5.32 Å². The van der Waals surface area contributed by atoms with Crippen LogP contribution in [0.1, 0.15) is 43.4 Å². The molecule has 5 nitrogen and oxygen atoms in total. The van der Waals surface area contributed by atoms with Crippen LogP contribution in [-0.2, 0) is 16.0 Å². The highest BCUT2D eigenvalue weighted by Gasteiger charge is 2.29. The fourth-order valence-electron chi connectivity index (χ4n) is 4.31.